The molecule has 0 aliphatic carbocycles. The second kappa shape index (κ2) is 25.9. The van der Waals surface area contributed by atoms with Crippen molar-refractivity contribution < 1.29 is 57.1 Å². The smallest absolute Gasteiger partial charge is 0.377 e. The van der Waals surface area contributed by atoms with E-state index in [0.717, 1.165) is 19.3 Å². The molecule has 2 aromatic rings. The van der Waals surface area contributed by atoms with Crippen LogP contribution in [0.4, 0.5) is 11.4 Å². The summed E-state index contributed by atoms with van der Waals surface area (Å²) in [4.78, 5) is 58.8. The summed E-state index contributed by atoms with van der Waals surface area (Å²) in [6.07, 6.45) is 16.6. The Hall–Kier alpha value is -3.01. The number of likely N-dealkylation sites (N-methyl/N-ethyl adjacent to an activating group) is 1. The fraction of sp³-hybridized carbons (Fsp3) is 0.778. The van der Waals surface area contributed by atoms with Gasteiger partial charge in [-0.05, 0) is 35.6 Å². The third-order valence-corrected chi connectivity index (χ3v) is 9.61. The van der Waals surface area contributed by atoms with Gasteiger partial charge in [-0.3, -0.25) is 9.59 Å². The number of hydrogen-bond donors (Lipinski definition) is 3. The average molecular weight is 774 g/mol. The number of ether oxygens (including phenoxy) is 2. The van der Waals surface area contributed by atoms with E-state index in [2.05, 4.69) is 22.6 Å². The Morgan fingerprint density at radius 3 is 2.02 bits per heavy atom. The summed E-state index contributed by atoms with van der Waals surface area (Å²) < 4.78 is 26.3. The Morgan fingerprint density at radius 1 is 0.849 bits per heavy atom. The number of phosphoric acid groups is 1. The lowest BCUT2D eigenvalue weighted by Gasteiger charge is -2.26. The number of quaternary nitrogens is 1. The summed E-state index contributed by atoms with van der Waals surface area (Å²) in [5.74, 6) is -0.988. The number of carbonyl (C=O) groups excluding carboxylic acids is 2. The van der Waals surface area contributed by atoms with Crippen molar-refractivity contribution in [2.45, 2.75) is 129 Å². The highest BCUT2D eigenvalue weighted by atomic mass is 31.2. The van der Waals surface area contributed by atoms with Crippen LogP contribution in [0.1, 0.15) is 122 Å². The van der Waals surface area contributed by atoms with Gasteiger partial charge in [0.05, 0.1) is 31.7 Å². The standard InChI is InChI=1S/C36H63N5O11P/c1-5-6-7-8-9-10-11-12-13-14-15-16-18-21-33(42)48-28-30(29-50-53(46,47)49-27-26-41(2,3)4)51-34(43)22-19-17-20-25-37-31-23-24-32(40(44)45)36-35(31)38-52-39-36/h23-24,30H,5-22,25-29H2,1-4H3,(H2-,37,39,44,45,46,47)/q+1/p+1/t30-/m1/s1. The van der Waals surface area contributed by atoms with E-state index in [4.69, 9.17) is 23.2 Å². The van der Waals surface area contributed by atoms with Crippen LogP contribution in [0.3, 0.4) is 0 Å². The number of phosphoric ester groups is 1. The second-order valence-corrected chi connectivity index (χ2v) is 16.0. The fourth-order valence-corrected chi connectivity index (χ4v) is 6.24. The maximum atomic E-state index is 12.7. The SMILES string of the molecule is CCCCCCCCCCCCCCCC(=O)OC[C@H](CO[P+]([O-])(O)OCC[N+](C)(C)C)OC(=O)CCCCCNc1ccc([N+](=O)O)c2nonc12. The summed E-state index contributed by atoms with van der Waals surface area (Å²) in [7, 11) is 1.31. The van der Waals surface area contributed by atoms with E-state index >= 15 is 0 Å². The molecule has 1 aromatic carbocycles. The van der Waals surface area contributed by atoms with Gasteiger partial charge < -0.3 is 24.2 Å². The van der Waals surface area contributed by atoms with Crippen molar-refractivity contribution in [2.75, 3.05) is 59.4 Å². The molecule has 3 N–H and O–H groups in total. The van der Waals surface area contributed by atoms with Crippen LogP contribution in [0, 0.1) is 4.91 Å². The van der Waals surface area contributed by atoms with Crippen molar-refractivity contribution in [1.82, 2.24) is 10.3 Å². The van der Waals surface area contributed by atoms with Crippen LogP contribution in [0.5, 0.6) is 0 Å². The number of fused-ring (bicyclic) bond motifs is 1. The molecule has 0 saturated carbocycles. The predicted octanol–water partition coefficient (Wildman–Crippen LogP) is 6.70. The molecule has 2 rings (SSSR count). The first-order chi connectivity index (χ1) is 25.3. The number of carbonyl (C=O) groups is 2. The highest BCUT2D eigenvalue weighted by Crippen LogP contribution is 2.47. The molecule has 302 valence electrons. The molecule has 0 saturated heterocycles. The minimum atomic E-state index is -4.44. The highest BCUT2D eigenvalue weighted by Gasteiger charge is 2.31. The summed E-state index contributed by atoms with van der Waals surface area (Å²) in [5, 5.41) is 19.8. The maximum absolute atomic E-state index is 12.7. The van der Waals surface area contributed by atoms with Crippen LogP contribution in [-0.4, -0.2) is 102 Å². The van der Waals surface area contributed by atoms with Gasteiger partial charge in [0.2, 0.25) is 5.52 Å². The molecule has 1 aromatic heterocycles. The van der Waals surface area contributed by atoms with Crippen molar-refractivity contribution in [2.24, 2.45) is 0 Å². The number of anilines is 1. The monoisotopic (exact) mass is 773 g/mol. The molecule has 1 heterocycles. The Morgan fingerprint density at radius 2 is 1.42 bits per heavy atom. The zero-order valence-corrected chi connectivity index (χ0v) is 33.2. The van der Waals surface area contributed by atoms with E-state index in [1.165, 1.54) is 63.9 Å². The Balaban J connectivity index is 1.71. The van der Waals surface area contributed by atoms with E-state index in [1.807, 2.05) is 21.1 Å². The molecule has 53 heavy (non-hydrogen) atoms. The van der Waals surface area contributed by atoms with Gasteiger partial charge in [-0.15, -0.1) is 0 Å². The van der Waals surface area contributed by atoms with Crippen LogP contribution in [0.15, 0.2) is 16.8 Å². The average Bonchev–Trinajstić information content (AvgIpc) is 3.59. The molecule has 2 atom stereocenters. The van der Waals surface area contributed by atoms with Crippen LogP contribution < -0.4 is 10.2 Å². The molecule has 0 amide bonds. The van der Waals surface area contributed by atoms with Gasteiger partial charge >= 0.3 is 25.8 Å². The lowest BCUT2D eigenvalue weighted by Crippen LogP contribution is -2.38. The normalized spacial score (nSPS) is 13.5. The highest BCUT2D eigenvalue weighted by molar-refractivity contribution is 7.52. The molecule has 0 radical (unpaired) electrons. The van der Waals surface area contributed by atoms with Crippen molar-refractivity contribution in [3.8, 4) is 0 Å². The summed E-state index contributed by atoms with van der Waals surface area (Å²) in [5.41, 5.74) is 0.894. The number of esters is 2. The minimum Gasteiger partial charge on any atom is -0.606 e. The van der Waals surface area contributed by atoms with Gasteiger partial charge in [0.1, 0.15) is 26.4 Å². The Labute approximate surface area is 314 Å². The van der Waals surface area contributed by atoms with Crippen LogP contribution in [0.25, 0.3) is 11.0 Å². The van der Waals surface area contributed by atoms with Gasteiger partial charge in [-0.1, -0.05) is 90.4 Å². The van der Waals surface area contributed by atoms with Gasteiger partial charge in [-0.25, -0.2) is 9.84 Å². The molecular weight excluding hydrogens is 709 g/mol. The zero-order chi connectivity index (χ0) is 39.0. The topological polar surface area (TPSA) is 206 Å². The number of rotatable bonds is 32. The van der Waals surface area contributed by atoms with Gasteiger partial charge in [0.15, 0.2) is 11.6 Å². The number of hydrogen-bond acceptors (Lipinski definition) is 13. The quantitative estimate of drug-likeness (QED) is 0.0233. The van der Waals surface area contributed by atoms with Crippen molar-refractivity contribution in [3.05, 3.63) is 17.0 Å². The maximum Gasteiger partial charge on any atom is 0.377 e. The van der Waals surface area contributed by atoms with Crippen molar-refractivity contribution in [3.63, 3.8) is 0 Å². The van der Waals surface area contributed by atoms with Gasteiger partial charge in [0, 0.05) is 25.5 Å². The molecule has 1 unspecified atom stereocenters. The molecule has 0 aliphatic heterocycles. The first-order valence-electron chi connectivity index (χ1n) is 19.2. The molecule has 0 aliphatic rings. The number of benzene rings is 1. The van der Waals surface area contributed by atoms with Crippen molar-refractivity contribution >= 4 is 42.5 Å². The van der Waals surface area contributed by atoms with Gasteiger partial charge in [0.25, 0.3) is 4.92 Å². The minimum absolute atomic E-state index is 0.0161. The summed E-state index contributed by atoms with van der Waals surface area (Å²) in [6, 6.07) is 2.97. The molecule has 0 spiro atoms. The first kappa shape index (κ1) is 46.1. The van der Waals surface area contributed by atoms with E-state index in [-0.39, 0.29) is 42.2 Å². The fourth-order valence-electron chi connectivity index (χ4n) is 5.50. The van der Waals surface area contributed by atoms with Crippen LogP contribution in [0.2, 0.25) is 0 Å². The molecule has 0 bridgehead atoms. The van der Waals surface area contributed by atoms with E-state index in [0.29, 0.717) is 54.5 Å². The van der Waals surface area contributed by atoms with Crippen LogP contribution >= 0.6 is 8.17 Å². The zero-order valence-electron chi connectivity index (χ0n) is 32.3. The molecule has 0 fully saturated rings. The third kappa shape index (κ3) is 21.5. The number of unbranched alkanes of at least 4 members (excludes halogenated alkanes) is 14. The molecule has 16 nitrogen and oxygen atoms in total. The van der Waals surface area contributed by atoms with Crippen LogP contribution in [-0.2, 0) is 28.1 Å². The number of nitrogens with zero attached hydrogens (tertiary/aromatic N) is 4. The largest absolute Gasteiger partial charge is 0.606 e. The Kier molecular flexibility index (Phi) is 22.6. The second-order valence-electron chi connectivity index (χ2n) is 14.5. The van der Waals surface area contributed by atoms with Crippen molar-refractivity contribution in [1.29, 1.82) is 0 Å². The number of nitrogens with one attached hydrogen (secondary N) is 1. The number of aromatic nitrogens is 2. The Bertz CT molecular complexity index is 1340. The van der Waals surface area contributed by atoms with E-state index in [9.17, 15) is 29.5 Å². The molecular formula is C36H64N5O11P+2. The third-order valence-electron chi connectivity index (χ3n) is 8.63. The lowest BCUT2D eigenvalue weighted by molar-refractivity contribution is -0.870. The van der Waals surface area contributed by atoms with E-state index in [1.54, 1.807) is 6.07 Å². The molecule has 17 heteroatoms. The first-order valence-corrected chi connectivity index (χ1v) is 20.7. The summed E-state index contributed by atoms with van der Waals surface area (Å²) >= 11 is 0. The van der Waals surface area contributed by atoms with Gasteiger partial charge in [-0.2, -0.15) is 13.9 Å². The summed E-state index contributed by atoms with van der Waals surface area (Å²) in [6.45, 7) is 2.41. The van der Waals surface area contributed by atoms with E-state index < -0.39 is 32.8 Å². The predicted molar refractivity (Wildman–Crippen MR) is 199 cm³/mol. The lowest BCUT2D eigenvalue weighted by atomic mass is 10.0.